The summed E-state index contributed by atoms with van der Waals surface area (Å²) in [6.07, 6.45) is 1.19. The molecule has 0 aliphatic carbocycles. The molecule has 0 aromatic carbocycles. The van der Waals surface area contributed by atoms with E-state index in [1.165, 1.54) is 12.0 Å². The monoisotopic (exact) mass is 223 g/mol. The Bertz CT molecular complexity index is 339. The fourth-order valence-corrected chi connectivity index (χ4v) is 1.74. The van der Waals surface area contributed by atoms with Crippen LogP contribution in [0.3, 0.4) is 0 Å². The Morgan fingerprint density at radius 1 is 1.38 bits per heavy atom. The van der Waals surface area contributed by atoms with Gasteiger partial charge in [0.1, 0.15) is 11.5 Å². The van der Waals surface area contributed by atoms with Crippen LogP contribution >= 0.6 is 0 Å². The Kier molecular flexibility index (Phi) is 4.20. The maximum Gasteiger partial charge on any atom is 0.105 e. The van der Waals surface area contributed by atoms with Gasteiger partial charge >= 0.3 is 0 Å². The van der Waals surface area contributed by atoms with Crippen LogP contribution in [-0.4, -0.2) is 6.54 Å². The van der Waals surface area contributed by atoms with Crippen molar-refractivity contribution >= 4 is 0 Å². The molecule has 1 N–H and O–H groups in total. The van der Waals surface area contributed by atoms with Gasteiger partial charge in [-0.3, -0.25) is 0 Å². The first kappa shape index (κ1) is 13.3. The van der Waals surface area contributed by atoms with Crippen LogP contribution in [0.15, 0.2) is 10.5 Å². The maximum absolute atomic E-state index is 5.55. The van der Waals surface area contributed by atoms with Gasteiger partial charge in [-0.15, -0.1) is 0 Å². The minimum absolute atomic E-state index is 0.362. The van der Waals surface area contributed by atoms with Gasteiger partial charge in [0.2, 0.25) is 0 Å². The van der Waals surface area contributed by atoms with E-state index in [1.54, 1.807) is 0 Å². The van der Waals surface area contributed by atoms with Crippen molar-refractivity contribution in [3.8, 4) is 0 Å². The molecule has 0 saturated carbocycles. The van der Waals surface area contributed by atoms with E-state index in [0.717, 1.165) is 18.1 Å². The number of furan rings is 1. The van der Waals surface area contributed by atoms with Crippen LogP contribution in [0.5, 0.6) is 0 Å². The topological polar surface area (TPSA) is 25.2 Å². The number of aryl methyl sites for hydroxylation is 2. The van der Waals surface area contributed by atoms with Crippen molar-refractivity contribution in [1.82, 2.24) is 5.32 Å². The van der Waals surface area contributed by atoms with E-state index < -0.39 is 0 Å². The van der Waals surface area contributed by atoms with Crippen molar-refractivity contribution in [3.05, 3.63) is 23.2 Å². The Morgan fingerprint density at radius 2 is 2.00 bits per heavy atom. The van der Waals surface area contributed by atoms with Gasteiger partial charge in [-0.1, -0.05) is 20.8 Å². The molecule has 0 radical (unpaired) electrons. The molecule has 16 heavy (non-hydrogen) atoms. The molecule has 1 aromatic rings. The molecule has 0 fully saturated rings. The zero-order valence-electron chi connectivity index (χ0n) is 11.5. The van der Waals surface area contributed by atoms with Gasteiger partial charge in [0.25, 0.3) is 0 Å². The minimum atomic E-state index is 0.362. The average molecular weight is 223 g/mol. The van der Waals surface area contributed by atoms with E-state index in [1.807, 2.05) is 13.8 Å². The molecule has 92 valence electrons. The lowest BCUT2D eigenvalue weighted by molar-refractivity contribution is 0.313. The minimum Gasteiger partial charge on any atom is -0.466 e. The van der Waals surface area contributed by atoms with Gasteiger partial charge < -0.3 is 9.73 Å². The SMILES string of the molecule is CCC(C)(C)CNC(C)c1cc(C)oc1C. The van der Waals surface area contributed by atoms with Crippen molar-refractivity contribution < 1.29 is 4.42 Å². The highest BCUT2D eigenvalue weighted by Crippen LogP contribution is 2.23. The highest BCUT2D eigenvalue weighted by atomic mass is 16.3. The van der Waals surface area contributed by atoms with Gasteiger partial charge in [0, 0.05) is 18.2 Å². The summed E-state index contributed by atoms with van der Waals surface area (Å²) in [5.41, 5.74) is 1.64. The van der Waals surface area contributed by atoms with Gasteiger partial charge in [0.05, 0.1) is 0 Å². The molecule has 0 saturated heterocycles. The van der Waals surface area contributed by atoms with Crippen molar-refractivity contribution in [1.29, 1.82) is 0 Å². The third kappa shape index (κ3) is 3.38. The predicted molar refractivity (Wildman–Crippen MR) is 68.7 cm³/mol. The zero-order valence-corrected chi connectivity index (χ0v) is 11.5. The zero-order chi connectivity index (χ0) is 12.3. The number of rotatable bonds is 5. The van der Waals surface area contributed by atoms with Crippen molar-refractivity contribution in [3.63, 3.8) is 0 Å². The standard InChI is InChI=1S/C14H25NO/c1-7-14(5,6)9-15-11(3)13-8-10(2)16-12(13)4/h8,11,15H,7,9H2,1-6H3. The average Bonchev–Trinajstić information content (AvgIpc) is 2.54. The highest BCUT2D eigenvalue weighted by molar-refractivity contribution is 5.23. The van der Waals surface area contributed by atoms with Crippen LogP contribution in [0.25, 0.3) is 0 Å². The summed E-state index contributed by atoms with van der Waals surface area (Å²) < 4.78 is 5.55. The number of nitrogens with one attached hydrogen (secondary N) is 1. The Balaban J connectivity index is 2.59. The lowest BCUT2D eigenvalue weighted by Gasteiger charge is -2.25. The maximum atomic E-state index is 5.55. The smallest absolute Gasteiger partial charge is 0.105 e. The Labute approximate surface area is 99.4 Å². The summed E-state index contributed by atoms with van der Waals surface area (Å²) in [4.78, 5) is 0. The van der Waals surface area contributed by atoms with Crippen LogP contribution in [0, 0.1) is 19.3 Å². The molecular weight excluding hydrogens is 198 g/mol. The van der Waals surface area contributed by atoms with E-state index >= 15 is 0 Å². The Hall–Kier alpha value is -0.760. The molecule has 1 atom stereocenters. The second-order valence-electron chi connectivity index (χ2n) is 5.49. The Morgan fingerprint density at radius 3 is 2.44 bits per heavy atom. The summed E-state index contributed by atoms with van der Waals surface area (Å²) >= 11 is 0. The van der Waals surface area contributed by atoms with Crippen LogP contribution in [-0.2, 0) is 0 Å². The summed E-state index contributed by atoms with van der Waals surface area (Å²) in [5.74, 6) is 2.03. The van der Waals surface area contributed by atoms with Gasteiger partial charge in [0.15, 0.2) is 0 Å². The molecule has 1 aromatic heterocycles. The van der Waals surface area contributed by atoms with Crippen LogP contribution < -0.4 is 5.32 Å². The van der Waals surface area contributed by atoms with Gasteiger partial charge in [-0.05, 0) is 38.7 Å². The van der Waals surface area contributed by atoms with Gasteiger partial charge in [-0.2, -0.15) is 0 Å². The molecular formula is C14H25NO. The van der Waals surface area contributed by atoms with Gasteiger partial charge in [-0.25, -0.2) is 0 Å². The van der Waals surface area contributed by atoms with Crippen LogP contribution in [0.4, 0.5) is 0 Å². The largest absolute Gasteiger partial charge is 0.466 e. The third-order valence-corrected chi connectivity index (χ3v) is 3.39. The van der Waals surface area contributed by atoms with Crippen LogP contribution in [0.1, 0.15) is 57.2 Å². The second kappa shape index (κ2) is 5.05. The first-order chi connectivity index (χ1) is 7.35. The van der Waals surface area contributed by atoms with E-state index in [9.17, 15) is 0 Å². The highest BCUT2D eigenvalue weighted by Gasteiger charge is 2.18. The molecule has 0 spiro atoms. The fourth-order valence-electron chi connectivity index (χ4n) is 1.74. The van der Waals surface area contributed by atoms with E-state index in [4.69, 9.17) is 4.42 Å². The summed E-state index contributed by atoms with van der Waals surface area (Å²) in [6, 6.07) is 2.50. The second-order valence-corrected chi connectivity index (χ2v) is 5.49. The first-order valence-electron chi connectivity index (χ1n) is 6.16. The predicted octanol–water partition coefficient (Wildman–Crippen LogP) is 3.98. The van der Waals surface area contributed by atoms with Crippen LogP contribution in [0.2, 0.25) is 0 Å². The molecule has 1 rings (SSSR count). The molecule has 0 amide bonds. The number of hydrogen-bond acceptors (Lipinski definition) is 2. The van der Waals surface area contributed by atoms with Crippen molar-refractivity contribution in [2.24, 2.45) is 5.41 Å². The molecule has 1 heterocycles. The molecule has 2 nitrogen and oxygen atoms in total. The first-order valence-corrected chi connectivity index (χ1v) is 6.16. The van der Waals surface area contributed by atoms with Crippen molar-refractivity contribution in [2.45, 2.75) is 54.0 Å². The summed E-state index contributed by atoms with van der Waals surface area (Å²) in [5, 5.41) is 3.58. The quantitative estimate of drug-likeness (QED) is 0.816. The molecule has 2 heteroatoms. The lowest BCUT2D eigenvalue weighted by atomic mass is 9.90. The van der Waals surface area contributed by atoms with E-state index in [0.29, 0.717) is 11.5 Å². The van der Waals surface area contributed by atoms with E-state index in [-0.39, 0.29) is 0 Å². The fraction of sp³-hybridized carbons (Fsp3) is 0.714. The van der Waals surface area contributed by atoms with E-state index in [2.05, 4.69) is 39.1 Å². The molecule has 1 unspecified atom stereocenters. The third-order valence-electron chi connectivity index (χ3n) is 3.39. The molecule has 0 bridgehead atoms. The lowest BCUT2D eigenvalue weighted by Crippen LogP contribution is -2.30. The molecule has 0 aliphatic heterocycles. The number of hydrogen-bond donors (Lipinski definition) is 1. The normalized spacial score (nSPS) is 14.1. The summed E-state index contributed by atoms with van der Waals surface area (Å²) in [7, 11) is 0. The summed E-state index contributed by atoms with van der Waals surface area (Å²) in [6.45, 7) is 14.1. The molecule has 0 aliphatic rings. The van der Waals surface area contributed by atoms with Crippen molar-refractivity contribution in [2.75, 3.05) is 6.54 Å².